The smallest absolute Gasteiger partial charge is 0.246 e. The first-order chi connectivity index (χ1) is 17.8. The zero-order valence-electron chi connectivity index (χ0n) is 21.7. The first-order valence-corrected chi connectivity index (χ1v) is 12.5. The van der Waals surface area contributed by atoms with Gasteiger partial charge in [-0.25, -0.2) is 4.98 Å². The maximum Gasteiger partial charge on any atom is 0.246 e. The van der Waals surface area contributed by atoms with E-state index in [9.17, 15) is 14.4 Å². The molecule has 3 heterocycles. The Kier molecular flexibility index (Phi) is 8.35. The van der Waals surface area contributed by atoms with Gasteiger partial charge >= 0.3 is 0 Å². The Bertz CT molecular complexity index is 1290. The fourth-order valence-corrected chi connectivity index (χ4v) is 4.33. The summed E-state index contributed by atoms with van der Waals surface area (Å²) in [6.45, 7) is 3.61. The number of carbonyl (C=O) groups is 3. The number of anilines is 1. The molecular formula is C28H34N6O3. The average Bonchev–Trinajstić information content (AvgIpc) is 3.22. The van der Waals surface area contributed by atoms with Crippen molar-refractivity contribution in [2.45, 2.75) is 19.4 Å². The molecule has 37 heavy (non-hydrogen) atoms. The second-order valence-corrected chi connectivity index (χ2v) is 9.49. The highest BCUT2D eigenvalue weighted by Gasteiger charge is 2.19. The van der Waals surface area contributed by atoms with Gasteiger partial charge < -0.3 is 24.6 Å². The standard InChI is InChI=1S/C28H34N6O3/c1-31-14-16-34(17-15-31)28(37)13-11-26(35)30-25-10-8-21(19-29-25)9-12-27(36)32(2)20-23-18-22-6-4-5-7-24(22)33(23)3/h4-10,12,18-19H,11,13-17,20H2,1-3H3,(H,29,30,35)/b12-9+. The van der Waals surface area contributed by atoms with E-state index in [1.807, 2.05) is 31.1 Å². The Morgan fingerprint density at radius 3 is 2.49 bits per heavy atom. The second kappa shape index (κ2) is 11.8. The van der Waals surface area contributed by atoms with Crippen LogP contribution in [0.15, 0.2) is 54.7 Å². The summed E-state index contributed by atoms with van der Waals surface area (Å²) in [6.07, 6.45) is 5.12. The topological polar surface area (TPSA) is 90.8 Å². The van der Waals surface area contributed by atoms with Crippen LogP contribution in [-0.4, -0.2) is 82.2 Å². The van der Waals surface area contributed by atoms with Crippen LogP contribution in [0.4, 0.5) is 5.82 Å². The van der Waals surface area contributed by atoms with Crippen LogP contribution in [0.5, 0.6) is 0 Å². The van der Waals surface area contributed by atoms with Crippen molar-refractivity contribution in [1.82, 2.24) is 24.3 Å². The van der Waals surface area contributed by atoms with Crippen molar-refractivity contribution in [3.63, 3.8) is 0 Å². The van der Waals surface area contributed by atoms with Crippen LogP contribution >= 0.6 is 0 Å². The first-order valence-electron chi connectivity index (χ1n) is 12.5. The molecule has 1 aliphatic rings. The zero-order valence-corrected chi connectivity index (χ0v) is 21.7. The molecule has 1 saturated heterocycles. The average molecular weight is 503 g/mol. The minimum atomic E-state index is -0.247. The Morgan fingerprint density at radius 2 is 1.78 bits per heavy atom. The first kappa shape index (κ1) is 26.1. The van der Waals surface area contributed by atoms with Crippen LogP contribution in [0.2, 0.25) is 0 Å². The number of nitrogens with zero attached hydrogens (tertiary/aromatic N) is 5. The van der Waals surface area contributed by atoms with Gasteiger partial charge in [0, 0.05) is 76.6 Å². The monoisotopic (exact) mass is 502 g/mol. The molecule has 1 aromatic carbocycles. The number of para-hydroxylation sites is 1. The van der Waals surface area contributed by atoms with Crippen LogP contribution in [0, 0.1) is 0 Å². The summed E-state index contributed by atoms with van der Waals surface area (Å²) in [5, 5.41) is 3.88. The molecule has 0 unspecified atom stereocenters. The molecule has 194 valence electrons. The lowest BCUT2D eigenvalue weighted by Gasteiger charge is -2.32. The number of likely N-dealkylation sites (N-methyl/N-ethyl adjacent to an activating group) is 2. The summed E-state index contributed by atoms with van der Waals surface area (Å²) in [7, 11) is 5.81. The van der Waals surface area contributed by atoms with E-state index >= 15 is 0 Å². The van der Waals surface area contributed by atoms with Gasteiger partial charge in [-0.1, -0.05) is 18.2 Å². The van der Waals surface area contributed by atoms with Gasteiger partial charge in [0.15, 0.2) is 0 Å². The molecule has 4 rings (SSSR count). The van der Waals surface area contributed by atoms with E-state index in [1.165, 1.54) is 6.08 Å². The third kappa shape index (κ3) is 6.83. The SMILES string of the molecule is CN1CCN(C(=O)CCC(=O)Nc2ccc(/C=C/C(=O)N(C)Cc3cc4ccccc4n3C)cn2)CC1. The number of rotatable bonds is 8. The normalized spacial score (nSPS) is 14.3. The Balaban J connectivity index is 1.24. The number of hydrogen-bond donors (Lipinski definition) is 1. The van der Waals surface area contributed by atoms with Gasteiger partial charge in [0.25, 0.3) is 0 Å². The lowest BCUT2D eigenvalue weighted by atomic mass is 10.2. The van der Waals surface area contributed by atoms with E-state index < -0.39 is 0 Å². The summed E-state index contributed by atoms with van der Waals surface area (Å²) in [6, 6.07) is 13.7. The molecule has 3 amide bonds. The Labute approximate surface area is 217 Å². The van der Waals surface area contributed by atoms with Gasteiger partial charge in [-0.3, -0.25) is 14.4 Å². The quantitative estimate of drug-likeness (QED) is 0.479. The molecule has 1 N–H and O–H groups in total. The summed E-state index contributed by atoms with van der Waals surface area (Å²) >= 11 is 0. The number of benzene rings is 1. The Morgan fingerprint density at radius 1 is 1.03 bits per heavy atom. The van der Waals surface area contributed by atoms with Crippen molar-refractivity contribution in [1.29, 1.82) is 0 Å². The molecule has 0 aliphatic carbocycles. The molecule has 0 bridgehead atoms. The summed E-state index contributed by atoms with van der Waals surface area (Å²) in [5.74, 6) is 0.0520. The minimum Gasteiger partial charge on any atom is -0.346 e. The molecule has 3 aromatic rings. The van der Waals surface area contributed by atoms with E-state index in [0.717, 1.165) is 35.2 Å². The van der Waals surface area contributed by atoms with Gasteiger partial charge in [-0.15, -0.1) is 0 Å². The van der Waals surface area contributed by atoms with Crippen molar-refractivity contribution >= 4 is 40.5 Å². The highest BCUT2D eigenvalue weighted by molar-refractivity contribution is 5.93. The molecular weight excluding hydrogens is 468 g/mol. The predicted molar refractivity (Wildman–Crippen MR) is 145 cm³/mol. The van der Waals surface area contributed by atoms with Crippen LogP contribution in [0.25, 0.3) is 17.0 Å². The number of carbonyl (C=O) groups excluding carboxylic acids is 3. The number of piperazine rings is 1. The third-order valence-corrected chi connectivity index (χ3v) is 6.72. The predicted octanol–water partition coefficient (Wildman–Crippen LogP) is 2.74. The highest BCUT2D eigenvalue weighted by Crippen LogP contribution is 2.19. The summed E-state index contributed by atoms with van der Waals surface area (Å²) in [5.41, 5.74) is 2.93. The van der Waals surface area contributed by atoms with Gasteiger partial charge in [0.05, 0.1) is 6.54 Å². The zero-order chi connectivity index (χ0) is 26.4. The molecule has 2 aromatic heterocycles. The third-order valence-electron chi connectivity index (χ3n) is 6.72. The number of amides is 3. The summed E-state index contributed by atoms with van der Waals surface area (Å²) < 4.78 is 2.10. The summed E-state index contributed by atoms with van der Waals surface area (Å²) in [4.78, 5) is 47.1. The molecule has 1 aliphatic heterocycles. The number of pyridine rings is 1. The number of nitrogens with one attached hydrogen (secondary N) is 1. The van der Waals surface area contributed by atoms with Crippen molar-refractivity contribution in [3.05, 3.63) is 66.0 Å². The number of fused-ring (bicyclic) bond motifs is 1. The molecule has 1 fully saturated rings. The molecule has 0 saturated carbocycles. The van der Waals surface area contributed by atoms with E-state index in [1.54, 1.807) is 36.4 Å². The molecule has 0 atom stereocenters. The van der Waals surface area contributed by atoms with Crippen LogP contribution in [-0.2, 0) is 28.0 Å². The molecule has 9 nitrogen and oxygen atoms in total. The lowest BCUT2D eigenvalue weighted by molar-refractivity contribution is -0.134. The van der Waals surface area contributed by atoms with Gasteiger partial charge in [-0.2, -0.15) is 0 Å². The second-order valence-electron chi connectivity index (χ2n) is 9.49. The van der Waals surface area contributed by atoms with Gasteiger partial charge in [0.1, 0.15) is 5.82 Å². The van der Waals surface area contributed by atoms with Crippen LogP contribution in [0.3, 0.4) is 0 Å². The highest BCUT2D eigenvalue weighted by atomic mass is 16.2. The molecule has 0 spiro atoms. The fraction of sp³-hybridized carbons (Fsp3) is 0.357. The minimum absolute atomic E-state index is 0.00624. The van der Waals surface area contributed by atoms with Crippen molar-refractivity contribution in [2.24, 2.45) is 7.05 Å². The van der Waals surface area contributed by atoms with Crippen LogP contribution in [0.1, 0.15) is 24.1 Å². The maximum atomic E-state index is 12.6. The number of aromatic nitrogens is 2. The lowest BCUT2D eigenvalue weighted by Crippen LogP contribution is -2.47. The Hall–Kier alpha value is -3.98. The number of aryl methyl sites for hydroxylation is 1. The maximum absolute atomic E-state index is 12.6. The van der Waals surface area contributed by atoms with E-state index in [-0.39, 0.29) is 30.6 Å². The fourth-order valence-electron chi connectivity index (χ4n) is 4.33. The van der Waals surface area contributed by atoms with Crippen LogP contribution < -0.4 is 5.32 Å². The molecule has 0 radical (unpaired) electrons. The van der Waals surface area contributed by atoms with Crippen molar-refractivity contribution in [3.8, 4) is 0 Å². The van der Waals surface area contributed by atoms with Gasteiger partial charge in [-0.05, 0) is 48.3 Å². The van der Waals surface area contributed by atoms with Crippen molar-refractivity contribution < 1.29 is 14.4 Å². The largest absolute Gasteiger partial charge is 0.346 e. The van der Waals surface area contributed by atoms with E-state index in [2.05, 4.69) is 38.0 Å². The van der Waals surface area contributed by atoms with E-state index in [0.29, 0.717) is 25.5 Å². The van der Waals surface area contributed by atoms with Crippen molar-refractivity contribution in [2.75, 3.05) is 45.6 Å². The molecule has 9 heteroatoms. The number of hydrogen-bond acceptors (Lipinski definition) is 5. The van der Waals surface area contributed by atoms with Gasteiger partial charge in [0.2, 0.25) is 17.7 Å². The van der Waals surface area contributed by atoms with E-state index in [4.69, 9.17) is 0 Å².